The van der Waals surface area contributed by atoms with Gasteiger partial charge in [-0.3, -0.25) is 28.8 Å². The van der Waals surface area contributed by atoms with Crippen LogP contribution in [0.15, 0.2) is 268 Å². The third kappa shape index (κ3) is 23.0. The van der Waals surface area contributed by atoms with Crippen LogP contribution in [0.4, 0.5) is 61.5 Å². The van der Waals surface area contributed by atoms with E-state index in [1.165, 1.54) is 98.6 Å². The lowest BCUT2D eigenvalue weighted by Gasteiger charge is -2.39. The van der Waals surface area contributed by atoms with Gasteiger partial charge in [0.15, 0.2) is 0 Å². The Kier molecular flexibility index (Phi) is 29.6. The number of benzene rings is 11. The standard InChI is InChI=1S/C28H27FN4O2.C21H20FN5O2.C21H19FN4O2.C20H19FN4O.C20H18FN3O2/c1-33-13-11-23(12-14-33)35-22-8-6-21(7-9-22)32-28(34)26-17-31-27(30)25-16-19(5-10-24(25)26)18-3-2-4-20(29)15-18;1-24-21(29)27-10-15(11-27)26-20(28)18-9-25-19(23)17-8-13(5-6-16(17)18)12-3-2-4-14(22)7-12;1-12(27)26-10-16(11-26)25-21(28)19-9-24-20(23)18-8-14(5-6-17(18)19)13-3-2-4-15(22)7-13;1-25-10-15(11-25)24-20(26)18-9-23-19(22)17-8-13(5-6-16(17)18)12-3-2-4-14(21)7-12;21-13-3-1-2-11(6-13)12-4-5-16-17(7-12)19(22)23-10-18(16)20(26)24-14-8-15(25)9-14/h2-10,15-17,23H,11-14H2,1H3,(H2,30,31)(H,32,34);2-9,15H,10-11H2,1H3,(H2,23,25)(H,24,29)(H,26,28);2-9,16H,10-11H2,1H3,(H2,23,24)(H,25,28);2-9,15H,10-11H2,1H3,(H2,22,23)(H,24,26);1-7,10,14-15,25H,8-9H2,(H2,22,23)(H,24,26). The molecule has 1 aliphatic carbocycles. The van der Waals surface area contributed by atoms with Crippen molar-refractivity contribution < 1.29 is 65.4 Å². The first kappa shape index (κ1) is 98.5. The Morgan fingerprint density at radius 3 is 0.896 bits per heavy atom. The number of likely N-dealkylation sites (tertiary alicyclic amines) is 4. The molecule has 4 aliphatic heterocycles. The fourth-order valence-corrected chi connectivity index (χ4v) is 17.8. The molecule has 8 amide bonds. The molecule has 29 nitrogen and oxygen atoms in total. The summed E-state index contributed by atoms with van der Waals surface area (Å²) in [7, 11) is 5.70. The summed E-state index contributed by atoms with van der Waals surface area (Å²) in [6, 6.07) is 66.1. The molecule has 4 saturated heterocycles. The highest BCUT2D eigenvalue weighted by atomic mass is 19.1. The third-order valence-electron chi connectivity index (χ3n) is 25.9. The van der Waals surface area contributed by atoms with E-state index in [0.29, 0.717) is 156 Å². The number of aromatic nitrogens is 5. The number of ether oxygens (including phenoxy) is 1. The maximum Gasteiger partial charge on any atom is 0.317 e. The van der Waals surface area contributed by atoms with E-state index in [2.05, 4.69) is 73.7 Å². The predicted molar refractivity (Wildman–Crippen MR) is 549 cm³/mol. The van der Waals surface area contributed by atoms with Crippen molar-refractivity contribution in [2.24, 2.45) is 0 Å². The maximum absolute atomic E-state index is 13.7. The van der Waals surface area contributed by atoms with Crippen molar-refractivity contribution >= 4 is 130 Å². The molecule has 11 aromatic carbocycles. The summed E-state index contributed by atoms with van der Waals surface area (Å²) in [4.78, 5) is 115. The Morgan fingerprint density at radius 1 is 0.340 bits per heavy atom. The maximum atomic E-state index is 13.7. The Bertz CT molecular complexity index is 7460. The van der Waals surface area contributed by atoms with Gasteiger partial charge in [-0.1, -0.05) is 121 Å². The highest BCUT2D eigenvalue weighted by molar-refractivity contribution is 6.16. The number of carbonyl (C=O) groups is 7. The lowest BCUT2D eigenvalue weighted by molar-refractivity contribution is -0.133. The van der Waals surface area contributed by atoms with E-state index in [9.17, 15) is 60.6 Å². The summed E-state index contributed by atoms with van der Waals surface area (Å²) < 4.78 is 73.9. The Labute approximate surface area is 824 Å². The van der Waals surface area contributed by atoms with Gasteiger partial charge in [0.2, 0.25) is 5.91 Å². The van der Waals surface area contributed by atoms with Crippen LogP contribution in [0.5, 0.6) is 5.75 Å². The Morgan fingerprint density at radius 2 is 0.618 bits per heavy atom. The van der Waals surface area contributed by atoms with Crippen LogP contribution in [0.1, 0.15) is 84.4 Å². The fourth-order valence-electron chi connectivity index (χ4n) is 17.8. The summed E-state index contributed by atoms with van der Waals surface area (Å²) in [5.41, 5.74) is 40.7. The number of carbonyl (C=O) groups excluding carboxylic acids is 7. The zero-order chi connectivity index (χ0) is 101. The third-order valence-corrected chi connectivity index (χ3v) is 25.9. The number of urea groups is 1. The summed E-state index contributed by atoms with van der Waals surface area (Å²) in [6.07, 6.45) is 10.4. The van der Waals surface area contributed by atoms with Crippen LogP contribution < -0.4 is 65.3 Å². The van der Waals surface area contributed by atoms with Gasteiger partial charge in [-0.2, -0.15) is 0 Å². The van der Waals surface area contributed by atoms with E-state index in [1.807, 2.05) is 122 Å². The molecular weight excluding hydrogens is 1840 g/mol. The number of amides is 8. The summed E-state index contributed by atoms with van der Waals surface area (Å²) in [6.45, 7) is 7.18. The lowest BCUT2D eigenvalue weighted by atomic mass is 9.89. The van der Waals surface area contributed by atoms with Gasteiger partial charge in [-0.15, -0.1) is 0 Å². The van der Waals surface area contributed by atoms with E-state index < -0.39 is 0 Å². The molecule has 34 heteroatoms. The molecule has 1 saturated carbocycles. The van der Waals surface area contributed by atoms with Crippen LogP contribution in [0.25, 0.3) is 109 Å². The van der Waals surface area contributed by atoms with Crippen molar-refractivity contribution in [3.63, 3.8) is 0 Å². The number of anilines is 6. The van der Waals surface area contributed by atoms with Crippen LogP contribution in [0.2, 0.25) is 0 Å². The monoisotopic (exact) mass is 1940 g/mol. The highest BCUT2D eigenvalue weighted by Crippen LogP contribution is 2.38. The molecule has 0 radical (unpaired) electrons. The second-order valence-corrected chi connectivity index (χ2v) is 36.2. The largest absolute Gasteiger partial charge is 0.490 e. The molecule has 0 atom stereocenters. The van der Waals surface area contributed by atoms with E-state index in [1.54, 1.807) is 77.5 Å². The highest BCUT2D eigenvalue weighted by Gasteiger charge is 2.35. The summed E-state index contributed by atoms with van der Waals surface area (Å²) in [5.74, 6) is -0.435. The van der Waals surface area contributed by atoms with Crippen molar-refractivity contribution in [1.82, 2.24) is 71.1 Å². The zero-order valence-electron chi connectivity index (χ0n) is 78.9. The molecule has 17 N–H and O–H groups in total. The number of nitrogens with one attached hydrogen (secondary N) is 6. The predicted octanol–water partition coefficient (Wildman–Crippen LogP) is 15.9. The number of halogens is 5. The molecule has 0 spiro atoms. The van der Waals surface area contributed by atoms with Crippen molar-refractivity contribution in [2.75, 3.05) is 107 Å². The number of aliphatic hydroxyl groups is 1. The van der Waals surface area contributed by atoms with Crippen LogP contribution >= 0.6 is 0 Å². The number of nitrogens with two attached hydrogens (primary N) is 5. The number of pyridine rings is 5. The first-order valence-electron chi connectivity index (χ1n) is 46.7. The SMILES string of the molecule is CC(=O)N1CC(NC(=O)c2cnc(N)c3cc(-c4cccc(F)c4)ccc23)C1.CN1CC(NC(=O)c2cnc(N)c3cc(-c4cccc(F)c4)ccc23)C1.CN1CCC(Oc2ccc(NC(=O)c3cnc(N)c4cc(-c5cccc(F)c5)ccc34)cc2)CC1.CNC(=O)N1CC(NC(=O)c2cnc(N)c3cc(-c4cccc(F)c4)ccc23)C1.Nc1ncc(C(=O)NC2CC(O)C2)c2ccc(-c3cccc(F)c3)cc12. The number of nitrogens with zero attached hydrogens (tertiary/aromatic N) is 9. The zero-order valence-corrected chi connectivity index (χ0v) is 78.9. The first-order valence-corrected chi connectivity index (χ1v) is 46.7. The second-order valence-electron chi connectivity index (χ2n) is 36.2. The van der Waals surface area contributed by atoms with E-state index in [0.717, 1.165) is 100 Å². The molecule has 732 valence electrons. The second kappa shape index (κ2) is 43.3. The number of fused-ring (bicyclic) bond motifs is 5. The minimum Gasteiger partial charge on any atom is -0.490 e. The molecule has 0 bridgehead atoms. The molecule has 5 fully saturated rings. The van der Waals surface area contributed by atoms with E-state index in [4.69, 9.17) is 33.4 Å². The average molecular weight is 1940 g/mol. The topological polar surface area (TPSA) is 429 Å². The van der Waals surface area contributed by atoms with Crippen LogP contribution in [-0.4, -0.2) is 201 Å². The number of hydrogen-bond donors (Lipinski definition) is 12. The van der Waals surface area contributed by atoms with Gasteiger partial charge in [0.1, 0.15) is 70.0 Å². The molecule has 144 heavy (non-hydrogen) atoms. The van der Waals surface area contributed by atoms with Crippen LogP contribution in [0, 0.1) is 29.1 Å². The van der Waals surface area contributed by atoms with Gasteiger partial charge >= 0.3 is 6.03 Å². The number of aliphatic hydroxyl groups excluding tert-OH is 1. The van der Waals surface area contributed by atoms with Crippen LogP contribution in [-0.2, 0) is 4.79 Å². The van der Waals surface area contributed by atoms with Gasteiger partial charge < -0.3 is 90.0 Å². The van der Waals surface area contributed by atoms with Gasteiger partial charge in [-0.25, -0.2) is 51.7 Å². The number of rotatable bonds is 17. The molecular formula is C110H103F5N20O9. The minimum atomic E-state index is -0.338. The fraction of sp³-hybridized carbons (Fsp3) is 0.200. The smallest absolute Gasteiger partial charge is 0.317 e. The van der Waals surface area contributed by atoms with Crippen LogP contribution in [0.3, 0.4) is 0 Å². The molecule has 9 heterocycles. The first-order chi connectivity index (χ1) is 69.3. The molecule has 5 aliphatic rings. The number of nitrogen functional groups attached to an aromatic ring is 5. The van der Waals surface area contributed by atoms with E-state index >= 15 is 0 Å². The van der Waals surface area contributed by atoms with E-state index in [-0.39, 0.29) is 107 Å². The van der Waals surface area contributed by atoms with Crippen molar-refractivity contribution in [3.05, 3.63) is 324 Å². The molecule has 0 unspecified atom stereocenters. The van der Waals surface area contributed by atoms with Crippen molar-refractivity contribution in [2.45, 2.75) is 69.0 Å². The summed E-state index contributed by atoms with van der Waals surface area (Å²) in [5, 5.41) is 33.3. The molecule has 5 aromatic heterocycles. The van der Waals surface area contributed by atoms with Crippen molar-refractivity contribution in [1.29, 1.82) is 0 Å². The van der Waals surface area contributed by atoms with Gasteiger partial charge in [-0.05, 0) is 238 Å². The minimum absolute atomic E-state index is 0.00465. The number of hydrogen-bond acceptors (Lipinski definition) is 21. The number of likely N-dealkylation sites (N-methyl/N-ethyl adjacent to an activating group) is 1. The van der Waals surface area contributed by atoms with Gasteiger partial charge in [0.25, 0.3) is 29.5 Å². The van der Waals surface area contributed by atoms with Gasteiger partial charge in [0.05, 0.1) is 52.0 Å². The molecule has 21 rings (SSSR count). The Balaban J connectivity index is 0.000000124. The lowest BCUT2D eigenvalue weighted by Crippen LogP contribution is -2.62. The quantitative estimate of drug-likeness (QED) is 0.0377. The number of piperidine rings is 1. The average Bonchev–Trinajstić information content (AvgIpc) is 0.794. The Hall–Kier alpha value is -17.1. The summed E-state index contributed by atoms with van der Waals surface area (Å²) >= 11 is 0. The van der Waals surface area contributed by atoms with Gasteiger partial charge in [0, 0.05) is 136 Å². The molecule has 16 aromatic rings. The van der Waals surface area contributed by atoms with Crippen molar-refractivity contribution in [3.8, 4) is 61.4 Å². The normalized spacial score (nSPS) is 15.2.